The van der Waals surface area contributed by atoms with E-state index < -0.39 is 22.6 Å². The molecule has 2 heterocycles. The van der Waals surface area contributed by atoms with Crippen LogP contribution in [0, 0.1) is 16.0 Å². The van der Waals surface area contributed by atoms with Gasteiger partial charge in [0.05, 0.1) is 11.0 Å². The van der Waals surface area contributed by atoms with Crippen LogP contribution >= 0.6 is 23.8 Å². The number of hydrogen-bond donors (Lipinski definition) is 2. The molecule has 1 fully saturated rings. The SMILES string of the molecule is C[C@]12Oc3ccc([N+](=O)[O-])cc3[C@@H](NC(=S)N1c1ccccc1)[C@H]2C(=O)Nc1ccc(Cl)cc1. The highest BCUT2D eigenvalue weighted by molar-refractivity contribution is 7.80. The third-order valence-electron chi connectivity index (χ3n) is 6.10. The fourth-order valence-corrected chi connectivity index (χ4v) is 5.14. The Morgan fingerprint density at radius 1 is 1.18 bits per heavy atom. The number of nitrogens with one attached hydrogen (secondary N) is 2. The Morgan fingerprint density at radius 3 is 2.56 bits per heavy atom. The van der Waals surface area contributed by atoms with Gasteiger partial charge in [-0.3, -0.25) is 19.8 Å². The molecule has 1 saturated heterocycles. The van der Waals surface area contributed by atoms with Crippen molar-refractivity contribution in [3.63, 3.8) is 0 Å². The monoisotopic (exact) mass is 494 g/mol. The molecule has 34 heavy (non-hydrogen) atoms. The number of amides is 1. The highest BCUT2D eigenvalue weighted by Crippen LogP contribution is 2.50. The number of anilines is 2. The number of fused-ring (bicyclic) bond motifs is 4. The maximum absolute atomic E-state index is 13.7. The fourth-order valence-electron chi connectivity index (χ4n) is 4.60. The van der Waals surface area contributed by atoms with E-state index >= 15 is 0 Å². The van der Waals surface area contributed by atoms with E-state index in [2.05, 4.69) is 10.6 Å². The lowest BCUT2D eigenvalue weighted by molar-refractivity contribution is -0.385. The number of thiocarbonyl (C=S) groups is 1. The Balaban J connectivity index is 1.63. The predicted molar refractivity (Wildman–Crippen MR) is 133 cm³/mol. The lowest BCUT2D eigenvalue weighted by Gasteiger charge is -2.55. The van der Waals surface area contributed by atoms with Gasteiger partial charge in [0.25, 0.3) is 5.69 Å². The van der Waals surface area contributed by atoms with Crippen LogP contribution < -0.4 is 20.3 Å². The predicted octanol–water partition coefficient (Wildman–Crippen LogP) is 5.05. The molecule has 3 aromatic carbocycles. The molecule has 1 amide bonds. The number of nitrogens with zero attached hydrogens (tertiary/aromatic N) is 2. The zero-order chi connectivity index (χ0) is 24.0. The third-order valence-corrected chi connectivity index (χ3v) is 6.65. The molecular weight excluding hydrogens is 476 g/mol. The van der Waals surface area contributed by atoms with Gasteiger partial charge < -0.3 is 15.4 Å². The quantitative estimate of drug-likeness (QED) is 0.297. The van der Waals surface area contributed by atoms with E-state index in [0.29, 0.717) is 27.1 Å². The molecule has 0 spiro atoms. The molecule has 0 radical (unpaired) electrons. The number of ether oxygens (including phenoxy) is 1. The normalized spacial score (nSPS) is 22.8. The van der Waals surface area contributed by atoms with E-state index in [4.69, 9.17) is 28.6 Å². The Hall–Kier alpha value is -3.69. The van der Waals surface area contributed by atoms with Crippen molar-refractivity contribution in [2.45, 2.75) is 18.7 Å². The standard InChI is InChI=1S/C24H19ClN4O4S/c1-24-20(22(30)26-15-9-7-14(25)8-10-15)21(18-13-17(29(31)32)11-12-19(18)33-24)27-23(34)28(24)16-5-3-2-4-6-16/h2-13,20-21H,1H3,(H,26,30)(H,27,34)/t20-,21+,24+/m0/s1. The Labute approximate surface area is 205 Å². The maximum Gasteiger partial charge on any atom is 0.270 e. The molecule has 2 aliphatic heterocycles. The highest BCUT2D eigenvalue weighted by atomic mass is 35.5. The van der Waals surface area contributed by atoms with Gasteiger partial charge in [0.15, 0.2) is 10.8 Å². The van der Waals surface area contributed by atoms with Crippen molar-refractivity contribution in [2.75, 3.05) is 10.2 Å². The molecule has 0 aliphatic carbocycles. The van der Waals surface area contributed by atoms with E-state index in [-0.39, 0.29) is 11.6 Å². The summed E-state index contributed by atoms with van der Waals surface area (Å²) in [6, 6.07) is 19.9. The minimum Gasteiger partial charge on any atom is -0.467 e. The summed E-state index contributed by atoms with van der Waals surface area (Å²) in [5.41, 5.74) is 0.498. The van der Waals surface area contributed by atoms with Gasteiger partial charge in [-0.15, -0.1) is 0 Å². The molecule has 3 atom stereocenters. The number of carbonyl (C=O) groups is 1. The van der Waals surface area contributed by atoms with Gasteiger partial charge in [-0.05, 0) is 61.6 Å². The van der Waals surface area contributed by atoms with Crippen molar-refractivity contribution in [2.24, 2.45) is 5.92 Å². The summed E-state index contributed by atoms with van der Waals surface area (Å²) in [6.07, 6.45) is 0. The Bertz CT molecular complexity index is 1300. The number of non-ortho nitro benzene ring substituents is 1. The van der Waals surface area contributed by atoms with E-state index in [1.807, 2.05) is 30.3 Å². The first-order valence-electron chi connectivity index (χ1n) is 10.5. The zero-order valence-electron chi connectivity index (χ0n) is 17.9. The minimum absolute atomic E-state index is 0.0963. The molecule has 5 rings (SSSR count). The van der Waals surface area contributed by atoms with Crippen LogP contribution in [0.3, 0.4) is 0 Å². The largest absolute Gasteiger partial charge is 0.467 e. The zero-order valence-corrected chi connectivity index (χ0v) is 19.5. The summed E-state index contributed by atoms with van der Waals surface area (Å²) in [5, 5.41) is 18.5. The first kappa shape index (κ1) is 22.1. The summed E-state index contributed by atoms with van der Waals surface area (Å²) in [4.78, 5) is 26.4. The topological polar surface area (TPSA) is 96.7 Å². The summed E-state index contributed by atoms with van der Waals surface area (Å²) >= 11 is 11.7. The van der Waals surface area contributed by atoms with Gasteiger partial charge in [0.1, 0.15) is 11.7 Å². The van der Waals surface area contributed by atoms with Crippen LogP contribution in [0.1, 0.15) is 18.5 Å². The van der Waals surface area contributed by atoms with E-state index in [1.165, 1.54) is 12.1 Å². The lowest BCUT2D eigenvalue weighted by Crippen LogP contribution is -2.72. The molecule has 0 aromatic heterocycles. The summed E-state index contributed by atoms with van der Waals surface area (Å²) in [6.45, 7) is 1.80. The lowest BCUT2D eigenvalue weighted by atomic mass is 9.78. The minimum atomic E-state index is -1.21. The van der Waals surface area contributed by atoms with E-state index in [1.54, 1.807) is 42.2 Å². The Morgan fingerprint density at radius 2 is 1.88 bits per heavy atom. The van der Waals surface area contributed by atoms with Gasteiger partial charge in [-0.2, -0.15) is 0 Å². The summed E-state index contributed by atoms with van der Waals surface area (Å²) in [7, 11) is 0. The second-order valence-corrected chi connectivity index (χ2v) is 9.03. The number of para-hydroxylation sites is 1. The maximum atomic E-state index is 13.7. The average Bonchev–Trinajstić information content (AvgIpc) is 2.80. The second-order valence-electron chi connectivity index (χ2n) is 8.21. The van der Waals surface area contributed by atoms with Crippen LogP contribution in [0.4, 0.5) is 17.1 Å². The number of nitro groups is 1. The van der Waals surface area contributed by atoms with Crippen LogP contribution in [0.2, 0.25) is 5.02 Å². The summed E-state index contributed by atoms with van der Waals surface area (Å²) < 4.78 is 6.45. The molecule has 172 valence electrons. The molecule has 0 unspecified atom stereocenters. The molecule has 10 heteroatoms. The van der Waals surface area contributed by atoms with Crippen LogP contribution in [0.5, 0.6) is 5.75 Å². The van der Waals surface area contributed by atoms with Crippen LogP contribution in [-0.4, -0.2) is 21.7 Å². The van der Waals surface area contributed by atoms with Crippen LogP contribution in [-0.2, 0) is 4.79 Å². The van der Waals surface area contributed by atoms with Crippen molar-refractivity contribution in [1.82, 2.24) is 5.32 Å². The Kier molecular flexibility index (Phi) is 5.38. The average molecular weight is 495 g/mol. The molecule has 2 N–H and O–H groups in total. The van der Waals surface area contributed by atoms with E-state index in [9.17, 15) is 14.9 Å². The number of benzene rings is 3. The molecule has 2 aliphatic rings. The van der Waals surface area contributed by atoms with Crippen molar-refractivity contribution >= 4 is 51.9 Å². The number of hydrogen-bond acceptors (Lipinski definition) is 5. The second kappa shape index (κ2) is 8.27. The van der Waals surface area contributed by atoms with Crippen molar-refractivity contribution in [1.29, 1.82) is 0 Å². The first-order valence-corrected chi connectivity index (χ1v) is 11.3. The van der Waals surface area contributed by atoms with Crippen LogP contribution in [0.25, 0.3) is 0 Å². The molecule has 3 aromatic rings. The van der Waals surface area contributed by atoms with Crippen molar-refractivity contribution in [3.05, 3.63) is 93.5 Å². The number of halogens is 1. The number of nitro benzene ring substituents is 1. The summed E-state index contributed by atoms with van der Waals surface area (Å²) in [5.74, 6) is -0.697. The molecule has 8 nitrogen and oxygen atoms in total. The molecule has 0 saturated carbocycles. The smallest absolute Gasteiger partial charge is 0.270 e. The fraction of sp³-hybridized carbons (Fsp3) is 0.167. The highest BCUT2D eigenvalue weighted by Gasteiger charge is 2.59. The third kappa shape index (κ3) is 3.63. The number of rotatable bonds is 4. The van der Waals surface area contributed by atoms with Crippen LogP contribution in [0.15, 0.2) is 72.8 Å². The van der Waals surface area contributed by atoms with Crippen molar-refractivity contribution < 1.29 is 14.5 Å². The van der Waals surface area contributed by atoms with Crippen molar-refractivity contribution in [3.8, 4) is 5.75 Å². The van der Waals surface area contributed by atoms with Gasteiger partial charge in [0, 0.05) is 34.1 Å². The van der Waals surface area contributed by atoms with Gasteiger partial charge >= 0.3 is 0 Å². The van der Waals surface area contributed by atoms with Gasteiger partial charge in [-0.1, -0.05) is 29.8 Å². The number of carbonyl (C=O) groups excluding carboxylic acids is 1. The van der Waals surface area contributed by atoms with Gasteiger partial charge in [-0.25, -0.2) is 0 Å². The van der Waals surface area contributed by atoms with Gasteiger partial charge in [0.2, 0.25) is 5.91 Å². The first-order chi connectivity index (χ1) is 16.3. The molecular formula is C24H19ClN4O4S. The molecule has 2 bridgehead atoms. The van der Waals surface area contributed by atoms with E-state index in [0.717, 1.165) is 5.69 Å².